The number of carbonyl (C=O) groups excluding carboxylic acids is 1. The first-order valence-corrected chi connectivity index (χ1v) is 11.2. The number of benzene rings is 2. The number of halogens is 1. The van der Waals surface area contributed by atoms with Gasteiger partial charge in [-0.1, -0.05) is 29.0 Å². The lowest BCUT2D eigenvalue weighted by atomic mass is 10.2. The van der Waals surface area contributed by atoms with E-state index in [2.05, 4.69) is 41.1 Å². The second-order valence-electron chi connectivity index (χ2n) is 6.89. The second-order valence-corrected chi connectivity index (χ2v) is 9.07. The molecule has 1 aliphatic rings. The van der Waals surface area contributed by atoms with Gasteiger partial charge in [0.15, 0.2) is 5.13 Å². The Labute approximate surface area is 172 Å². The molecule has 4 nitrogen and oxygen atoms in total. The number of aryl methyl sites for hydroxylation is 1. The summed E-state index contributed by atoms with van der Waals surface area (Å²) >= 11 is 3.23. The first-order chi connectivity index (χ1) is 13.6. The van der Waals surface area contributed by atoms with Crippen molar-refractivity contribution in [1.29, 1.82) is 0 Å². The van der Waals surface area contributed by atoms with Gasteiger partial charge in [0, 0.05) is 43.2 Å². The molecular formula is C21H22FN3OS2. The van der Waals surface area contributed by atoms with Gasteiger partial charge in [-0.15, -0.1) is 11.8 Å². The molecule has 1 fully saturated rings. The van der Waals surface area contributed by atoms with Crippen LogP contribution >= 0.6 is 23.1 Å². The first-order valence-electron chi connectivity index (χ1n) is 9.37. The van der Waals surface area contributed by atoms with Crippen molar-refractivity contribution in [1.82, 2.24) is 9.88 Å². The smallest absolute Gasteiger partial charge is 0.223 e. The van der Waals surface area contributed by atoms with Gasteiger partial charge in [-0.25, -0.2) is 9.37 Å². The second kappa shape index (κ2) is 8.49. The Morgan fingerprint density at radius 1 is 1.14 bits per heavy atom. The molecule has 7 heteroatoms. The number of piperazine rings is 1. The number of hydrogen-bond donors (Lipinski definition) is 0. The fourth-order valence-electron chi connectivity index (χ4n) is 3.22. The number of aromatic nitrogens is 1. The highest BCUT2D eigenvalue weighted by Crippen LogP contribution is 2.30. The molecule has 0 unspecified atom stereocenters. The summed E-state index contributed by atoms with van der Waals surface area (Å²) in [5.41, 5.74) is 2.07. The lowest BCUT2D eigenvalue weighted by molar-refractivity contribution is -0.131. The molecule has 1 aromatic heterocycles. The van der Waals surface area contributed by atoms with Gasteiger partial charge >= 0.3 is 0 Å². The van der Waals surface area contributed by atoms with Crippen molar-refractivity contribution in [2.75, 3.05) is 36.8 Å². The van der Waals surface area contributed by atoms with E-state index >= 15 is 0 Å². The van der Waals surface area contributed by atoms with Crippen molar-refractivity contribution >= 4 is 44.4 Å². The van der Waals surface area contributed by atoms with Gasteiger partial charge in [0.05, 0.1) is 10.2 Å². The maximum Gasteiger partial charge on any atom is 0.223 e. The SMILES string of the molecule is Cc1ccc(SCCC(=O)N2CCN(c3nc4ccc(F)cc4s3)CC2)cc1. The summed E-state index contributed by atoms with van der Waals surface area (Å²) in [5, 5.41) is 0.905. The Balaban J connectivity index is 1.27. The molecule has 1 amide bonds. The summed E-state index contributed by atoms with van der Waals surface area (Å²) in [6, 6.07) is 13.1. The molecule has 1 aliphatic heterocycles. The zero-order valence-electron chi connectivity index (χ0n) is 15.7. The molecule has 2 heterocycles. The average molecular weight is 416 g/mol. The van der Waals surface area contributed by atoms with E-state index in [9.17, 15) is 9.18 Å². The highest BCUT2D eigenvalue weighted by atomic mass is 32.2. The molecule has 0 saturated carbocycles. The van der Waals surface area contributed by atoms with E-state index in [1.165, 1.54) is 33.9 Å². The topological polar surface area (TPSA) is 36.4 Å². The van der Waals surface area contributed by atoms with Crippen molar-refractivity contribution in [3.8, 4) is 0 Å². The van der Waals surface area contributed by atoms with E-state index < -0.39 is 0 Å². The summed E-state index contributed by atoms with van der Waals surface area (Å²) < 4.78 is 14.2. The van der Waals surface area contributed by atoms with Crippen LogP contribution in [0.2, 0.25) is 0 Å². The van der Waals surface area contributed by atoms with Crippen molar-refractivity contribution in [2.45, 2.75) is 18.2 Å². The molecule has 28 heavy (non-hydrogen) atoms. The van der Waals surface area contributed by atoms with Crippen molar-refractivity contribution in [2.24, 2.45) is 0 Å². The molecule has 0 radical (unpaired) electrons. The summed E-state index contributed by atoms with van der Waals surface area (Å²) in [4.78, 5) is 22.4. The standard InChI is InChI=1S/C21H22FN3OS2/c1-15-2-5-17(6-3-15)27-13-8-20(26)24-9-11-25(12-10-24)21-23-18-7-4-16(22)14-19(18)28-21/h2-7,14H,8-13H2,1H3. The number of thiazole rings is 1. The zero-order valence-corrected chi connectivity index (χ0v) is 17.4. The number of hydrogen-bond acceptors (Lipinski definition) is 5. The lowest BCUT2D eigenvalue weighted by Gasteiger charge is -2.34. The third kappa shape index (κ3) is 4.47. The molecule has 0 atom stereocenters. The molecule has 1 saturated heterocycles. The van der Waals surface area contributed by atoms with Crippen LogP contribution in [-0.2, 0) is 4.79 Å². The molecule has 0 N–H and O–H groups in total. The molecule has 146 valence electrons. The summed E-state index contributed by atoms with van der Waals surface area (Å²) in [7, 11) is 0. The number of carbonyl (C=O) groups is 1. The molecule has 3 aromatic rings. The van der Waals surface area contributed by atoms with Crippen LogP contribution in [0.1, 0.15) is 12.0 Å². The molecule has 4 rings (SSSR count). The van der Waals surface area contributed by atoms with E-state index in [0.29, 0.717) is 19.5 Å². The predicted molar refractivity (Wildman–Crippen MR) is 115 cm³/mol. The zero-order chi connectivity index (χ0) is 19.5. The minimum Gasteiger partial charge on any atom is -0.345 e. The molecule has 0 spiro atoms. The van der Waals surface area contributed by atoms with Crippen molar-refractivity contribution in [3.63, 3.8) is 0 Å². The Hall–Kier alpha value is -2.12. The Morgan fingerprint density at radius 2 is 1.89 bits per heavy atom. The van der Waals surface area contributed by atoms with Crippen LogP contribution in [0.15, 0.2) is 47.4 Å². The normalized spacial score (nSPS) is 14.6. The number of amides is 1. The van der Waals surface area contributed by atoms with Crippen molar-refractivity contribution < 1.29 is 9.18 Å². The molecule has 0 aliphatic carbocycles. The monoisotopic (exact) mass is 415 g/mol. The highest BCUT2D eigenvalue weighted by molar-refractivity contribution is 7.99. The van der Waals surface area contributed by atoms with Crippen LogP contribution in [0, 0.1) is 12.7 Å². The predicted octanol–water partition coefficient (Wildman–Crippen LogP) is 4.57. The minimum atomic E-state index is -0.235. The Morgan fingerprint density at radius 3 is 2.64 bits per heavy atom. The van der Waals surface area contributed by atoms with Crippen LogP contribution in [0.3, 0.4) is 0 Å². The number of thioether (sulfide) groups is 1. The fourth-order valence-corrected chi connectivity index (χ4v) is 5.10. The number of fused-ring (bicyclic) bond motifs is 1. The highest BCUT2D eigenvalue weighted by Gasteiger charge is 2.23. The number of nitrogens with zero attached hydrogens (tertiary/aromatic N) is 3. The van der Waals surface area contributed by atoms with Crippen LogP contribution in [0.5, 0.6) is 0 Å². The largest absolute Gasteiger partial charge is 0.345 e. The van der Waals surface area contributed by atoms with Gasteiger partial charge in [-0.2, -0.15) is 0 Å². The summed E-state index contributed by atoms with van der Waals surface area (Å²) in [6.07, 6.45) is 0.555. The van der Waals surface area contributed by atoms with Crippen LogP contribution in [0.4, 0.5) is 9.52 Å². The average Bonchev–Trinajstić information content (AvgIpc) is 3.12. The number of anilines is 1. The van der Waals surface area contributed by atoms with Gasteiger partial charge in [-0.3, -0.25) is 4.79 Å². The third-order valence-electron chi connectivity index (χ3n) is 4.85. The van der Waals surface area contributed by atoms with E-state index in [-0.39, 0.29) is 11.7 Å². The van der Waals surface area contributed by atoms with Crippen molar-refractivity contribution in [3.05, 3.63) is 53.8 Å². The van der Waals surface area contributed by atoms with Gasteiger partial charge in [0.1, 0.15) is 5.82 Å². The lowest BCUT2D eigenvalue weighted by Crippen LogP contribution is -2.48. The summed E-state index contributed by atoms with van der Waals surface area (Å²) in [6.45, 7) is 5.01. The molecule has 0 bridgehead atoms. The van der Waals surface area contributed by atoms with Gasteiger partial charge in [0.25, 0.3) is 0 Å². The minimum absolute atomic E-state index is 0.214. The fraction of sp³-hybridized carbons (Fsp3) is 0.333. The van der Waals surface area contributed by atoms with E-state index in [1.54, 1.807) is 17.8 Å². The quantitative estimate of drug-likeness (QED) is 0.572. The van der Waals surface area contributed by atoms with Gasteiger partial charge < -0.3 is 9.80 Å². The van der Waals surface area contributed by atoms with E-state index in [1.807, 2.05) is 4.90 Å². The molecular weight excluding hydrogens is 393 g/mol. The van der Waals surface area contributed by atoms with E-state index in [4.69, 9.17) is 0 Å². The maximum absolute atomic E-state index is 13.4. The van der Waals surface area contributed by atoms with Gasteiger partial charge in [-0.05, 0) is 37.3 Å². The Kier molecular flexibility index (Phi) is 5.82. The molecule has 2 aromatic carbocycles. The third-order valence-corrected chi connectivity index (χ3v) is 6.94. The first kappa shape index (κ1) is 19.2. The maximum atomic E-state index is 13.4. The van der Waals surface area contributed by atoms with Crippen LogP contribution in [0.25, 0.3) is 10.2 Å². The van der Waals surface area contributed by atoms with E-state index in [0.717, 1.165) is 34.2 Å². The van der Waals surface area contributed by atoms with Crippen LogP contribution in [-0.4, -0.2) is 47.7 Å². The Bertz CT molecular complexity index is 965. The van der Waals surface area contributed by atoms with Gasteiger partial charge in [0.2, 0.25) is 5.91 Å². The van der Waals surface area contributed by atoms with Crippen LogP contribution < -0.4 is 4.90 Å². The summed E-state index contributed by atoms with van der Waals surface area (Å²) in [5.74, 6) is 0.776. The number of rotatable bonds is 5.